The van der Waals surface area contributed by atoms with Crippen LogP contribution in [0.5, 0.6) is 0 Å². The minimum atomic E-state index is -4.41. The highest BCUT2D eigenvalue weighted by molar-refractivity contribution is 5.69. The first-order valence-corrected chi connectivity index (χ1v) is 6.74. The predicted molar refractivity (Wildman–Crippen MR) is 71.8 cm³/mol. The van der Waals surface area contributed by atoms with E-state index < -0.39 is 23.4 Å². The fourth-order valence-electron chi connectivity index (χ4n) is 2.33. The highest BCUT2D eigenvalue weighted by atomic mass is 19.4. The van der Waals surface area contributed by atoms with Crippen molar-refractivity contribution in [3.05, 3.63) is 34.9 Å². The lowest BCUT2D eigenvalue weighted by atomic mass is 9.95. The summed E-state index contributed by atoms with van der Waals surface area (Å²) in [4.78, 5) is 13.3. The number of hydrogen-bond donors (Lipinski definition) is 0. The maximum atomic E-state index is 13.0. The van der Waals surface area contributed by atoms with Crippen LogP contribution in [0.1, 0.15) is 37.5 Å². The normalized spacial score (nSPS) is 15.6. The van der Waals surface area contributed by atoms with Crippen LogP contribution in [0.2, 0.25) is 0 Å². The summed E-state index contributed by atoms with van der Waals surface area (Å²) in [6.45, 7) is 5.47. The van der Waals surface area contributed by atoms with Gasteiger partial charge in [-0.2, -0.15) is 13.2 Å². The zero-order chi connectivity index (χ0) is 15.8. The van der Waals surface area contributed by atoms with E-state index in [4.69, 9.17) is 4.74 Å². The molecule has 0 N–H and O–H groups in total. The van der Waals surface area contributed by atoms with Gasteiger partial charge in [-0.05, 0) is 44.4 Å². The summed E-state index contributed by atoms with van der Waals surface area (Å²) in [7, 11) is 0. The first kappa shape index (κ1) is 15.7. The molecule has 0 aliphatic carbocycles. The van der Waals surface area contributed by atoms with Crippen LogP contribution in [-0.4, -0.2) is 23.1 Å². The monoisotopic (exact) mass is 301 g/mol. The van der Waals surface area contributed by atoms with Crippen molar-refractivity contribution in [3.63, 3.8) is 0 Å². The van der Waals surface area contributed by atoms with Gasteiger partial charge >= 0.3 is 12.3 Å². The molecule has 2 rings (SSSR count). The maximum absolute atomic E-state index is 13.0. The molecule has 0 radical (unpaired) electrons. The van der Waals surface area contributed by atoms with Crippen LogP contribution in [0.4, 0.5) is 18.0 Å². The van der Waals surface area contributed by atoms with E-state index in [1.54, 1.807) is 26.8 Å². The fourth-order valence-corrected chi connectivity index (χ4v) is 2.33. The SMILES string of the molecule is CC(C)(C)OC(=O)N1CCc2cccc(C(F)(F)F)c2C1. The van der Waals surface area contributed by atoms with E-state index in [0.29, 0.717) is 18.5 Å². The van der Waals surface area contributed by atoms with E-state index >= 15 is 0 Å². The van der Waals surface area contributed by atoms with Crippen molar-refractivity contribution in [3.8, 4) is 0 Å². The first-order chi connectivity index (χ1) is 9.58. The molecule has 0 fully saturated rings. The van der Waals surface area contributed by atoms with Gasteiger partial charge in [0.05, 0.1) is 5.56 Å². The van der Waals surface area contributed by atoms with Gasteiger partial charge in [0.15, 0.2) is 0 Å². The third kappa shape index (κ3) is 3.68. The Morgan fingerprint density at radius 1 is 1.24 bits per heavy atom. The summed E-state index contributed by atoms with van der Waals surface area (Å²) in [5.74, 6) is 0. The maximum Gasteiger partial charge on any atom is 0.416 e. The Balaban J connectivity index is 2.25. The number of carbonyl (C=O) groups is 1. The van der Waals surface area contributed by atoms with E-state index in [2.05, 4.69) is 0 Å². The number of carbonyl (C=O) groups excluding carboxylic acids is 1. The molecular formula is C15H18F3NO2. The fraction of sp³-hybridized carbons (Fsp3) is 0.533. The molecular weight excluding hydrogens is 283 g/mol. The zero-order valence-electron chi connectivity index (χ0n) is 12.3. The first-order valence-electron chi connectivity index (χ1n) is 6.74. The van der Waals surface area contributed by atoms with Crippen LogP contribution in [0.15, 0.2) is 18.2 Å². The van der Waals surface area contributed by atoms with Crippen LogP contribution in [0, 0.1) is 0 Å². The topological polar surface area (TPSA) is 29.5 Å². The second kappa shape index (κ2) is 5.24. The Bertz CT molecular complexity index is 547. The number of halogens is 3. The summed E-state index contributed by atoms with van der Waals surface area (Å²) < 4.78 is 44.3. The minimum Gasteiger partial charge on any atom is -0.444 e. The van der Waals surface area contributed by atoms with E-state index in [1.165, 1.54) is 11.0 Å². The Morgan fingerprint density at radius 3 is 2.48 bits per heavy atom. The molecule has 0 bridgehead atoms. The second-order valence-corrected chi connectivity index (χ2v) is 6.09. The van der Waals surface area contributed by atoms with Crippen LogP contribution in [0.25, 0.3) is 0 Å². The summed E-state index contributed by atoms with van der Waals surface area (Å²) >= 11 is 0. The molecule has 0 saturated heterocycles. The van der Waals surface area contributed by atoms with Gasteiger partial charge < -0.3 is 9.64 Å². The van der Waals surface area contributed by atoms with Crippen molar-refractivity contribution in [2.24, 2.45) is 0 Å². The summed E-state index contributed by atoms with van der Waals surface area (Å²) in [5.41, 5.74) is -0.527. The number of hydrogen-bond acceptors (Lipinski definition) is 2. The van der Waals surface area contributed by atoms with Gasteiger partial charge in [-0.1, -0.05) is 12.1 Å². The third-order valence-electron chi connectivity index (χ3n) is 3.23. The average Bonchev–Trinajstić information content (AvgIpc) is 2.34. The quantitative estimate of drug-likeness (QED) is 0.725. The molecule has 1 aromatic carbocycles. The molecule has 21 heavy (non-hydrogen) atoms. The molecule has 1 aliphatic rings. The van der Waals surface area contributed by atoms with Crippen molar-refractivity contribution in [1.29, 1.82) is 0 Å². The van der Waals surface area contributed by atoms with E-state index in [-0.39, 0.29) is 12.1 Å². The smallest absolute Gasteiger partial charge is 0.416 e. The van der Waals surface area contributed by atoms with Crippen molar-refractivity contribution in [1.82, 2.24) is 4.90 Å². The van der Waals surface area contributed by atoms with Gasteiger partial charge in [0.1, 0.15) is 5.60 Å². The third-order valence-corrected chi connectivity index (χ3v) is 3.23. The average molecular weight is 301 g/mol. The molecule has 1 aromatic rings. The predicted octanol–water partition coefficient (Wildman–Crippen LogP) is 4.00. The number of amides is 1. The van der Waals surface area contributed by atoms with Gasteiger partial charge in [-0.15, -0.1) is 0 Å². The molecule has 0 saturated carbocycles. The Hall–Kier alpha value is -1.72. The summed E-state index contributed by atoms with van der Waals surface area (Å²) in [5, 5.41) is 0. The standard InChI is InChI=1S/C15H18F3NO2/c1-14(2,3)21-13(20)19-8-7-10-5-4-6-12(11(10)9-19)15(16,17)18/h4-6H,7-9H2,1-3H3. The summed E-state index contributed by atoms with van der Waals surface area (Å²) in [6.07, 6.45) is -4.59. The van der Waals surface area contributed by atoms with Gasteiger partial charge in [0.25, 0.3) is 0 Å². The number of benzene rings is 1. The van der Waals surface area contributed by atoms with E-state index in [0.717, 1.165) is 6.07 Å². The number of rotatable bonds is 0. The second-order valence-electron chi connectivity index (χ2n) is 6.09. The molecule has 6 heteroatoms. The molecule has 1 amide bonds. The van der Waals surface area contributed by atoms with Gasteiger partial charge in [-0.3, -0.25) is 0 Å². The Labute approximate surface area is 121 Å². The lowest BCUT2D eigenvalue weighted by Gasteiger charge is -2.32. The minimum absolute atomic E-state index is 0.0695. The van der Waals surface area contributed by atoms with Crippen molar-refractivity contribution in [2.45, 2.75) is 45.5 Å². The summed E-state index contributed by atoms with van der Waals surface area (Å²) in [6, 6.07) is 4.14. The molecule has 0 spiro atoms. The molecule has 0 aromatic heterocycles. The van der Waals surface area contributed by atoms with Gasteiger partial charge in [-0.25, -0.2) is 4.79 Å². The van der Waals surface area contributed by atoms with Crippen molar-refractivity contribution < 1.29 is 22.7 Å². The zero-order valence-corrected chi connectivity index (χ0v) is 12.3. The molecule has 1 heterocycles. The van der Waals surface area contributed by atoms with Gasteiger partial charge in [0, 0.05) is 13.1 Å². The van der Waals surface area contributed by atoms with E-state index in [9.17, 15) is 18.0 Å². The van der Waals surface area contributed by atoms with Crippen molar-refractivity contribution in [2.75, 3.05) is 6.54 Å². The lowest BCUT2D eigenvalue weighted by Crippen LogP contribution is -2.40. The highest BCUT2D eigenvalue weighted by Crippen LogP contribution is 2.35. The molecule has 116 valence electrons. The highest BCUT2D eigenvalue weighted by Gasteiger charge is 2.36. The molecule has 1 aliphatic heterocycles. The lowest BCUT2D eigenvalue weighted by molar-refractivity contribution is -0.138. The number of ether oxygens (including phenoxy) is 1. The van der Waals surface area contributed by atoms with E-state index in [1.807, 2.05) is 0 Å². The Kier molecular flexibility index (Phi) is 3.91. The van der Waals surface area contributed by atoms with Crippen LogP contribution < -0.4 is 0 Å². The number of alkyl halides is 3. The van der Waals surface area contributed by atoms with Crippen LogP contribution in [-0.2, 0) is 23.9 Å². The molecule has 0 unspecified atom stereocenters. The van der Waals surface area contributed by atoms with Crippen LogP contribution >= 0.6 is 0 Å². The van der Waals surface area contributed by atoms with Crippen LogP contribution in [0.3, 0.4) is 0 Å². The number of fused-ring (bicyclic) bond motifs is 1. The van der Waals surface area contributed by atoms with Crippen molar-refractivity contribution >= 4 is 6.09 Å². The largest absolute Gasteiger partial charge is 0.444 e. The Morgan fingerprint density at radius 2 is 1.90 bits per heavy atom. The number of nitrogens with zero attached hydrogens (tertiary/aromatic N) is 1. The van der Waals surface area contributed by atoms with Gasteiger partial charge in [0.2, 0.25) is 0 Å². The molecule has 3 nitrogen and oxygen atoms in total. The molecule has 0 atom stereocenters.